The molecule has 0 unspecified atom stereocenters. The Morgan fingerprint density at radius 1 is 1.31 bits per heavy atom. The highest BCUT2D eigenvalue weighted by Gasteiger charge is 2.26. The molecule has 0 bridgehead atoms. The fourth-order valence-electron chi connectivity index (χ4n) is 1.57. The highest BCUT2D eigenvalue weighted by Crippen LogP contribution is 2.40. The van der Waals surface area contributed by atoms with Crippen LogP contribution in [0.2, 0.25) is 0 Å². The van der Waals surface area contributed by atoms with E-state index >= 15 is 0 Å². The summed E-state index contributed by atoms with van der Waals surface area (Å²) >= 11 is 0. The molecule has 2 N–H and O–H groups in total. The van der Waals surface area contributed by atoms with Crippen molar-refractivity contribution >= 4 is 15.5 Å². The molecular weight excluding hydrogens is 230 g/mol. The van der Waals surface area contributed by atoms with Crippen LogP contribution >= 0.6 is 0 Å². The van der Waals surface area contributed by atoms with Crippen molar-refractivity contribution < 1.29 is 17.9 Å². The molecule has 16 heavy (non-hydrogen) atoms. The van der Waals surface area contributed by atoms with Gasteiger partial charge in [0.2, 0.25) is 0 Å². The molecular formula is C10H13NO4S. The summed E-state index contributed by atoms with van der Waals surface area (Å²) in [7, 11) is -3.40. The molecule has 1 aliphatic heterocycles. The van der Waals surface area contributed by atoms with Gasteiger partial charge in [-0.25, -0.2) is 8.42 Å². The van der Waals surface area contributed by atoms with E-state index in [9.17, 15) is 8.42 Å². The van der Waals surface area contributed by atoms with E-state index < -0.39 is 9.84 Å². The maximum Gasteiger partial charge on any atom is 0.183 e. The smallest absolute Gasteiger partial charge is 0.183 e. The lowest BCUT2D eigenvalue weighted by atomic mass is 10.2. The second-order valence-corrected chi connectivity index (χ2v) is 5.63. The molecule has 1 aromatic carbocycles. The van der Waals surface area contributed by atoms with Gasteiger partial charge in [-0.2, -0.15) is 0 Å². The Morgan fingerprint density at radius 2 is 2.00 bits per heavy atom. The lowest BCUT2D eigenvalue weighted by molar-refractivity contribution is 0.167. The van der Waals surface area contributed by atoms with Crippen LogP contribution in [0.5, 0.6) is 11.5 Å². The van der Waals surface area contributed by atoms with E-state index in [1.54, 1.807) is 13.0 Å². The average molecular weight is 243 g/mol. The summed E-state index contributed by atoms with van der Waals surface area (Å²) in [6.07, 6.45) is 0. The number of hydrogen-bond donors (Lipinski definition) is 1. The topological polar surface area (TPSA) is 78.6 Å². The molecule has 0 spiro atoms. The van der Waals surface area contributed by atoms with Crippen LogP contribution in [0, 0.1) is 0 Å². The number of hydrogen-bond acceptors (Lipinski definition) is 5. The molecule has 5 nitrogen and oxygen atoms in total. The summed E-state index contributed by atoms with van der Waals surface area (Å²) in [4.78, 5) is 0.0483. The minimum atomic E-state index is -3.40. The van der Waals surface area contributed by atoms with Crippen molar-refractivity contribution in [2.24, 2.45) is 0 Å². The lowest BCUT2D eigenvalue weighted by Crippen LogP contribution is -2.19. The van der Waals surface area contributed by atoms with Crippen molar-refractivity contribution in [1.29, 1.82) is 0 Å². The molecule has 0 saturated heterocycles. The van der Waals surface area contributed by atoms with Crippen molar-refractivity contribution in [3.63, 3.8) is 0 Å². The van der Waals surface area contributed by atoms with E-state index in [1.807, 2.05) is 0 Å². The van der Waals surface area contributed by atoms with Gasteiger partial charge in [0.15, 0.2) is 21.3 Å². The van der Waals surface area contributed by atoms with Crippen molar-refractivity contribution in [2.75, 3.05) is 24.7 Å². The Hall–Kier alpha value is -1.43. The molecule has 0 amide bonds. The Labute approximate surface area is 94.1 Å². The van der Waals surface area contributed by atoms with Gasteiger partial charge in [0.05, 0.1) is 11.4 Å². The summed E-state index contributed by atoms with van der Waals surface area (Å²) in [5.41, 5.74) is 5.89. The number of nitrogens with two attached hydrogens (primary N) is 1. The largest absolute Gasteiger partial charge is 0.486 e. The number of ether oxygens (including phenoxy) is 2. The number of benzene rings is 1. The molecule has 0 aliphatic carbocycles. The quantitative estimate of drug-likeness (QED) is 0.778. The minimum Gasteiger partial charge on any atom is -0.486 e. The van der Waals surface area contributed by atoms with Gasteiger partial charge in [0.25, 0.3) is 0 Å². The first-order valence-corrected chi connectivity index (χ1v) is 6.62. The van der Waals surface area contributed by atoms with Crippen molar-refractivity contribution in [1.82, 2.24) is 0 Å². The standard InChI is InChI=1S/C10H13NO4S/c1-2-16(12,13)10-7(11)3-4-8-9(10)15-6-5-14-8/h3-4H,2,5-6,11H2,1H3. The Kier molecular flexibility index (Phi) is 2.67. The van der Waals surface area contributed by atoms with Gasteiger partial charge in [0.1, 0.15) is 18.1 Å². The summed E-state index contributed by atoms with van der Waals surface area (Å²) in [6.45, 7) is 2.32. The monoisotopic (exact) mass is 243 g/mol. The van der Waals surface area contributed by atoms with Crippen molar-refractivity contribution in [3.05, 3.63) is 12.1 Å². The van der Waals surface area contributed by atoms with E-state index in [1.165, 1.54) is 6.07 Å². The first kappa shape index (κ1) is 11.1. The van der Waals surface area contributed by atoms with Crippen LogP contribution in [-0.2, 0) is 9.84 Å². The summed E-state index contributed by atoms with van der Waals surface area (Å²) < 4.78 is 34.4. The number of rotatable bonds is 2. The van der Waals surface area contributed by atoms with Crippen LogP contribution in [0.4, 0.5) is 5.69 Å². The first-order chi connectivity index (χ1) is 7.56. The first-order valence-electron chi connectivity index (χ1n) is 4.97. The van der Waals surface area contributed by atoms with Gasteiger partial charge in [-0.3, -0.25) is 0 Å². The van der Waals surface area contributed by atoms with Crippen LogP contribution < -0.4 is 15.2 Å². The van der Waals surface area contributed by atoms with Gasteiger partial charge in [-0.1, -0.05) is 6.92 Å². The molecule has 0 aromatic heterocycles. The van der Waals surface area contributed by atoms with Crippen molar-refractivity contribution in [2.45, 2.75) is 11.8 Å². The Morgan fingerprint density at radius 3 is 2.69 bits per heavy atom. The van der Waals surface area contributed by atoms with Crippen LogP contribution in [-0.4, -0.2) is 27.4 Å². The fourth-order valence-corrected chi connectivity index (χ4v) is 2.73. The van der Waals surface area contributed by atoms with Crippen molar-refractivity contribution in [3.8, 4) is 11.5 Å². The molecule has 0 radical (unpaired) electrons. The van der Waals surface area contributed by atoms with Gasteiger partial charge in [-0.15, -0.1) is 0 Å². The molecule has 0 saturated carbocycles. The van der Waals surface area contributed by atoms with E-state index in [4.69, 9.17) is 15.2 Å². The molecule has 88 valence electrons. The molecule has 2 rings (SSSR count). The number of anilines is 1. The SMILES string of the molecule is CCS(=O)(=O)c1c(N)ccc2c1OCCO2. The highest BCUT2D eigenvalue weighted by molar-refractivity contribution is 7.91. The van der Waals surface area contributed by atoms with Crippen LogP contribution in [0.3, 0.4) is 0 Å². The average Bonchev–Trinajstić information content (AvgIpc) is 2.28. The van der Waals surface area contributed by atoms with Gasteiger partial charge < -0.3 is 15.2 Å². The second-order valence-electron chi connectivity index (χ2n) is 3.41. The van der Waals surface area contributed by atoms with Gasteiger partial charge >= 0.3 is 0 Å². The summed E-state index contributed by atoms with van der Waals surface area (Å²) in [5, 5.41) is 0. The maximum atomic E-state index is 11.9. The highest BCUT2D eigenvalue weighted by atomic mass is 32.2. The molecule has 1 heterocycles. The third-order valence-electron chi connectivity index (χ3n) is 2.38. The lowest BCUT2D eigenvalue weighted by Gasteiger charge is -2.21. The normalized spacial score (nSPS) is 14.8. The zero-order chi connectivity index (χ0) is 11.8. The fraction of sp³-hybridized carbons (Fsp3) is 0.400. The molecule has 1 aliphatic rings. The summed E-state index contributed by atoms with van der Waals surface area (Å²) in [6, 6.07) is 3.15. The van der Waals surface area contributed by atoms with E-state index in [2.05, 4.69) is 0 Å². The predicted molar refractivity (Wildman–Crippen MR) is 59.6 cm³/mol. The Bertz CT molecular complexity index is 510. The van der Waals surface area contributed by atoms with E-state index in [-0.39, 0.29) is 22.1 Å². The molecule has 0 fully saturated rings. The van der Waals surface area contributed by atoms with E-state index in [0.717, 1.165) is 0 Å². The minimum absolute atomic E-state index is 0.0169. The second kappa shape index (κ2) is 3.86. The van der Waals surface area contributed by atoms with Crippen LogP contribution in [0.1, 0.15) is 6.92 Å². The third-order valence-corrected chi connectivity index (χ3v) is 4.19. The number of sulfone groups is 1. The zero-order valence-corrected chi connectivity index (χ0v) is 9.71. The van der Waals surface area contributed by atoms with Crippen LogP contribution in [0.15, 0.2) is 17.0 Å². The zero-order valence-electron chi connectivity index (χ0n) is 8.89. The van der Waals surface area contributed by atoms with Gasteiger partial charge in [-0.05, 0) is 12.1 Å². The Balaban J connectivity index is 2.68. The van der Waals surface area contributed by atoms with E-state index in [0.29, 0.717) is 19.0 Å². The summed E-state index contributed by atoms with van der Waals surface area (Å²) in [5.74, 6) is 0.664. The number of nitrogen functional groups attached to an aromatic ring is 1. The third kappa shape index (κ3) is 1.69. The molecule has 0 atom stereocenters. The maximum absolute atomic E-state index is 11.9. The predicted octanol–water partition coefficient (Wildman–Crippen LogP) is 0.834. The number of fused-ring (bicyclic) bond motifs is 1. The van der Waals surface area contributed by atoms with Gasteiger partial charge in [0, 0.05) is 0 Å². The van der Waals surface area contributed by atoms with Crippen LogP contribution in [0.25, 0.3) is 0 Å². The molecule has 1 aromatic rings. The molecule has 6 heteroatoms.